The lowest BCUT2D eigenvalue weighted by molar-refractivity contribution is -0.127. The Morgan fingerprint density at radius 2 is 1.93 bits per heavy atom. The number of amidine groups is 1. The average Bonchev–Trinajstić information content (AvgIpc) is 2.93. The van der Waals surface area contributed by atoms with Gasteiger partial charge in [-0.15, -0.1) is 0 Å². The molecule has 1 aliphatic rings. The molecule has 1 atom stereocenters. The third-order valence-electron chi connectivity index (χ3n) is 4.29. The fourth-order valence-electron chi connectivity index (χ4n) is 2.68. The molecule has 2 aromatic rings. The summed E-state index contributed by atoms with van der Waals surface area (Å²) < 4.78 is 0. The molecule has 0 aliphatic carbocycles. The van der Waals surface area contributed by atoms with E-state index in [1.165, 1.54) is 40.9 Å². The Morgan fingerprint density at radius 1 is 1.24 bits per heavy atom. The highest BCUT2D eigenvalue weighted by molar-refractivity contribution is 8.15. The summed E-state index contributed by atoms with van der Waals surface area (Å²) in [6.07, 6.45) is -0.0206. The number of carbonyl (C=O) groups is 3. The van der Waals surface area contributed by atoms with E-state index in [4.69, 9.17) is 16.7 Å². The summed E-state index contributed by atoms with van der Waals surface area (Å²) >= 11 is 7.26. The van der Waals surface area contributed by atoms with Gasteiger partial charge < -0.3 is 10.4 Å². The van der Waals surface area contributed by atoms with Gasteiger partial charge in [0.2, 0.25) is 11.8 Å². The van der Waals surface area contributed by atoms with Gasteiger partial charge in [0, 0.05) is 24.2 Å². The van der Waals surface area contributed by atoms with Crippen LogP contribution in [0.4, 0.5) is 11.4 Å². The third-order valence-corrected chi connectivity index (χ3v) is 5.95. The van der Waals surface area contributed by atoms with Crippen LogP contribution in [0, 0.1) is 6.92 Å². The minimum atomic E-state index is -1.04. The number of nitrogens with zero attached hydrogens (tertiary/aromatic N) is 2. The molecule has 0 aromatic heterocycles. The highest BCUT2D eigenvalue weighted by atomic mass is 35.5. The molecule has 2 N–H and O–H groups in total. The van der Waals surface area contributed by atoms with Gasteiger partial charge in [-0.05, 0) is 55.0 Å². The van der Waals surface area contributed by atoms with Crippen molar-refractivity contribution in [3.8, 4) is 0 Å². The summed E-state index contributed by atoms with van der Waals surface area (Å²) in [6, 6.07) is 11.2. The van der Waals surface area contributed by atoms with Gasteiger partial charge in [0.05, 0.1) is 11.3 Å². The second-order valence-corrected chi connectivity index (χ2v) is 8.04. The predicted octanol–water partition coefficient (Wildman–Crippen LogP) is 3.94. The number of carboxylic acid groups (broad SMARTS) is 1. The summed E-state index contributed by atoms with van der Waals surface area (Å²) in [4.78, 5) is 41.6. The number of anilines is 1. The van der Waals surface area contributed by atoms with Crippen LogP contribution in [-0.4, -0.2) is 45.3 Å². The molecular weight excluding hydrogens is 414 g/mol. The number of carbonyl (C=O) groups excluding carboxylic acids is 2. The Kier molecular flexibility index (Phi) is 6.24. The Labute approximate surface area is 176 Å². The normalized spacial score (nSPS) is 17.6. The zero-order valence-electron chi connectivity index (χ0n) is 15.7. The molecule has 9 heteroatoms. The zero-order valence-corrected chi connectivity index (χ0v) is 17.3. The van der Waals surface area contributed by atoms with Crippen molar-refractivity contribution in [2.75, 3.05) is 12.4 Å². The average molecular weight is 432 g/mol. The van der Waals surface area contributed by atoms with Crippen LogP contribution in [0.25, 0.3) is 0 Å². The molecule has 2 amide bonds. The van der Waals surface area contributed by atoms with E-state index in [2.05, 4.69) is 10.3 Å². The molecule has 0 bridgehead atoms. The quantitative estimate of drug-likeness (QED) is 0.747. The van der Waals surface area contributed by atoms with Gasteiger partial charge in [0.1, 0.15) is 5.25 Å². The maximum absolute atomic E-state index is 12.5. The molecule has 1 fully saturated rings. The van der Waals surface area contributed by atoms with Gasteiger partial charge in [-0.2, -0.15) is 0 Å². The molecular formula is C20H18ClN3O4S. The van der Waals surface area contributed by atoms with Crippen LogP contribution < -0.4 is 5.32 Å². The first-order valence-electron chi connectivity index (χ1n) is 8.67. The molecule has 0 saturated carbocycles. The molecule has 3 rings (SSSR count). The van der Waals surface area contributed by atoms with Crippen LogP contribution in [0.3, 0.4) is 0 Å². The highest BCUT2D eigenvalue weighted by Crippen LogP contribution is 2.31. The Bertz CT molecular complexity index is 1010. The Morgan fingerprint density at radius 3 is 2.55 bits per heavy atom. The van der Waals surface area contributed by atoms with Gasteiger partial charge in [-0.3, -0.25) is 14.5 Å². The maximum atomic E-state index is 12.5. The lowest BCUT2D eigenvalue weighted by Crippen LogP contribution is -2.30. The fraction of sp³-hybridized carbons (Fsp3) is 0.200. The van der Waals surface area contributed by atoms with Gasteiger partial charge in [0.15, 0.2) is 5.17 Å². The molecule has 29 heavy (non-hydrogen) atoms. The molecule has 2 aromatic carbocycles. The summed E-state index contributed by atoms with van der Waals surface area (Å²) in [5, 5.41) is 12.2. The second-order valence-electron chi connectivity index (χ2n) is 6.47. The van der Waals surface area contributed by atoms with E-state index < -0.39 is 11.2 Å². The van der Waals surface area contributed by atoms with Crippen molar-refractivity contribution in [3.63, 3.8) is 0 Å². The van der Waals surface area contributed by atoms with Crippen molar-refractivity contribution >= 4 is 57.7 Å². The largest absolute Gasteiger partial charge is 0.478 e. The molecule has 1 unspecified atom stereocenters. The van der Waals surface area contributed by atoms with E-state index in [0.29, 0.717) is 21.6 Å². The number of hydrogen-bond donors (Lipinski definition) is 2. The minimum Gasteiger partial charge on any atom is -0.478 e. The van der Waals surface area contributed by atoms with Crippen LogP contribution in [0.15, 0.2) is 47.5 Å². The van der Waals surface area contributed by atoms with Crippen molar-refractivity contribution in [1.29, 1.82) is 0 Å². The molecule has 1 heterocycles. The van der Waals surface area contributed by atoms with Gasteiger partial charge in [0.25, 0.3) is 0 Å². The second kappa shape index (κ2) is 8.67. The number of hydrogen-bond acceptors (Lipinski definition) is 5. The van der Waals surface area contributed by atoms with Gasteiger partial charge in [-0.25, -0.2) is 9.79 Å². The number of rotatable bonds is 5. The third kappa shape index (κ3) is 4.96. The molecule has 7 nitrogen and oxygen atoms in total. The minimum absolute atomic E-state index is 0.0206. The molecule has 0 spiro atoms. The summed E-state index contributed by atoms with van der Waals surface area (Å²) in [5.41, 5.74) is 2.16. The first-order chi connectivity index (χ1) is 13.7. The van der Waals surface area contributed by atoms with Crippen LogP contribution >= 0.6 is 23.4 Å². The van der Waals surface area contributed by atoms with Gasteiger partial charge >= 0.3 is 5.97 Å². The van der Waals surface area contributed by atoms with E-state index >= 15 is 0 Å². The van der Waals surface area contributed by atoms with Crippen molar-refractivity contribution in [1.82, 2.24) is 4.90 Å². The number of halogens is 1. The fourth-order valence-corrected chi connectivity index (χ4v) is 3.95. The van der Waals surface area contributed by atoms with Crippen molar-refractivity contribution < 1.29 is 19.5 Å². The maximum Gasteiger partial charge on any atom is 0.335 e. The standard InChI is InChI=1S/C20H18ClN3O4S/c1-11-9-14(7-8-15(11)21)23-20-24(2)18(26)16(29-20)10-17(25)22-13-5-3-12(4-6-13)19(27)28/h3-9,16H,10H2,1-2H3,(H,22,25)(H,27,28). The molecule has 150 valence electrons. The SMILES string of the molecule is Cc1cc(N=C2SC(CC(=O)Nc3ccc(C(=O)O)cc3)C(=O)N2C)ccc1Cl. The number of carboxylic acids is 1. The number of thioether (sulfide) groups is 1. The van der Waals surface area contributed by atoms with Crippen LogP contribution in [0.5, 0.6) is 0 Å². The highest BCUT2D eigenvalue weighted by Gasteiger charge is 2.37. The van der Waals surface area contributed by atoms with E-state index in [1.807, 2.05) is 13.0 Å². The summed E-state index contributed by atoms with van der Waals surface area (Å²) in [7, 11) is 1.62. The van der Waals surface area contributed by atoms with Gasteiger partial charge in [-0.1, -0.05) is 23.4 Å². The molecule has 0 radical (unpaired) electrons. The van der Waals surface area contributed by atoms with Crippen LogP contribution in [-0.2, 0) is 9.59 Å². The van der Waals surface area contributed by atoms with Crippen molar-refractivity contribution in [2.24, 2.45) is 4.99 Å². The lowest BCUT2D eigenvalue weighted by Gasteiger charge is -2.09. The number of aromatic carboxylic acids is 1. The van der Waals surface area contributed by atoms with Crippen molar-refractivity contribution in [3.05, 3.63) is 58.6 Å². The monoisotopic (exact) mass is 431 g/mol. The molecule has 1 aliphatic heterocycles. The first kappa shape index (κ1) is 20.9. The predicted molar refractivity (Wildman–Crippen MR) is 114 cm³/mol. The number of aryl methyl sites for hydroxylation is 1. The number of amides is 2. The number of aliphatic imine (C=N–C) groups is 1. The van der Waals surface area contributed by atoms with E-state index in [-0.39, 0.29) is 23.8 Å². The van der Waals surface area contributed by atoms with Crippen LogP contribution in [0.1, 0.15) is 22.3 Å². The Hall–Kier alpha value is -2.84. The van der Waals surface area contributed by atoms with Crippen LogP contribution in [0.2, 0.25) is 5.02 Å². The number of benzene rings is 2. The van der Waals surface area contributed by atoms with Crippen molar-refractivity contribution in [2.45, 2.75) is 18.6 Å². The lowest BCUT2D eigenvalue weighted by atomic mass is 10.2. The summed E-state index contributed by atoms with van der Waals surface area (Å²) in [6.45, 7) is 1.87. The first-order valence-corrected chi connectivity index (χ1v) is 9.92. The summed E-state index contributed by atoms with van der Waals surface area (Å²) in [5.74, 6) is -1.58. The topological polar surface area (TPSA) is 99.1 Å². The van der Waals surface area contributed by atoms with E-state index in [0.717, 1.165) is 5.56 Å². The molecule has 1 saturated heterocycles. The van der Waals surface area contributed by atoms with E-state index in [1.54, 1.807) is 19.2 Å². The Balaban J connectivity index is 1.65. The smallest absolute Gasteiger partial charge is 0.335 e. The van der Waals surface area contributed by atoms with E-state index in [9.17, 15) is 14.4 Å². The zero-order chi connectivity index (χ0) is 21.1. The number of nitrogens with one attached hydrogen (secondary N) is 1.